The number of carbonyl (C=O) groups is 1. The first kappa shape index (κ1) is 23.0. The molecule has 1 saturated heterocycles. The van der Waals surface area contributed by atoms with Crippen LogP contribution in [0.5, 0.6) is 0 Å². The number of nitrogens with one attached hydrogen (secondary N) is 1. The fourth-order valence-corrected chi connectivity index (χ4v) is 6.62. The molecule has 4 heterocycles. The summed E-state index contributed by atoms with van der Waals surface area (Å²) in [4.78, 5) is 23.3. The lowest BCUT2D eigenvalue weighted by Gasteiger charge is -2.28. The Hall–Kier alpha value is -2.48. The molecule has 0 aromatic carbocycles. The second-order valence-electron chi connectivity index (χ2n) is 10.1. The van der Waals surface area contributed by atoms with E-state index >= 15 is 0 Å². The van der Waals surface area contributed by atoms with E-state index in [1.807, 2.05) is 22.4 Å². The van der Waals surface area contributed by atoms with E-state index < -0.39 is 0 Å². The van der Waals surface area contributed by atoms with E-state index in [0.29, 0.717) is 12.6 Å². The summed E-state index contributed by atoms with van der Waals surface area (Å²) in [5, 5.41) is 5.49. The number of nitrogens with zero attached hydrogens (tertiary/aromatic N) is 3. The van der Waals surface area contributed by atoms with Crippen molar-refractivity contribution < 1.29 is 9.53 Å². The molecule has 0 unspecified atom stereocenters. The van der Waals surface area contributed by atoms with E-state index in [-0.39, 0.29) is 6.03 Å². The van der Waals surface area contributed by atoms with Crippen LogP contribution in [0.15, 0.2) is 41.4 Å². The third kappa shape index (κ3) is 5.08. The molecule has 2 amide bonds. The number of pyridine rings is 1. The first-order valence-electron chi connectivity index (χ1n) is 13.0. The molecule has 35 heavy (non-hydrogen) atoms. The molecule has 4 aliphatic rings. The number of aromatic nitrogens is 1. The fraction of sp³-hybridized carbons (Fsp3) is 0.500. The quantitative estimate of drug-likeness (QED) is 0.650. The van der Waals surface area contributed by atoms with Crippen molar-refractivity contribution in [2.75, 3.05) is 39.4 Å². The molecule has 2 fully saturated rings. The topological polar surface area (TPSA) is 57.7 Å². The molecule has 2 aromatic rings. The molecule has 184 valence electrons. The molecule has 0 atom stereocenters. The van der Waals surface area contributed by atoms with Crippen LogP contribution in [-0.2, 0) is 17.7 Å². The molecule has 1 N–H and O–H groups in total. The van der Waals surface area contributed by atoms with Gasteiger partial charge in [0, 0.05) is 67.4 Å². The molecule has 0 radical (unpaired) electrons. The van der Waals surface area contributed by atoms with Gasteiger partial charge in [-0.05, 0) is 53.5 Å². The zero-order valence-electron chi connectivity index (χ0n) is 20.3. The molecule has 1 saturated carbocycles. The van der Waals surface area contributed by atoms with Gasteiger partial charge in [-0.25, -0.2) is 4.79 Å². The van der Waals surface area contributed by atoms with E-state index in [2.05, 4.69) is 39.9 Å². The monoisotopic (exact) mass is 490 g/mol. The lowest BCUT2D eigenvalue weighted by molar-refractivity contribution is 0.0346. The maximum Gasteiger partial charge on any atom is 0.317 e. The van der Waals surface area contributed by atoms with E-state index in [4.69, 9.17) is 9.72 Å². The predicted octanol–water partition coefficient (Wildman–Crippen LogP) is 4.87. The molecule has 0 bridgehead atoms. The number of fused-ring (bicyclic) bond motifs is 1. The average Bonchev–Trinajstić information content (AvgIpc) is 3.66. The molecule has 0 spiro atoms. The number of amides is 2. The van der Waals surface area contributed by atoms with Gasteiger partial charge in [0.05, 0.1) is 18.9 Å². The van der Waals surface area contributed by atoms with E-state index in [1.54, 1.807) is 0 Å². The lowest BCUT2D eigenvalue weighted by Crippen LogP contribution is -2.45. The van der Waals surface area contributed by atoms with Gasteiger partial charge in [-0.1, -0.05) is 25.0 Å². The van der Waals surface area contributed by atoms with Gasteiger partial charge in [-0.15, -0.1) is 11.3 Å². The number of hydrogen-bond donors (Lipinski definition) is 1. The van der Waals surface area contributed by atoms with Gasteiger partial charge in [-0.2, -0.15) is 0 Å². The molecular formula is C28H34N4O2S. The van der Waals surface area contributed by atoms with Crippen LogP contribution in [0.3, 0.4) is 0 Å². The molecule has 7 heteroatoms. The van der Waals surface area contributed by atoms with Crippen LogP contribution >= 0.6 is 11.3 Å². The summed E-state index contributed by atoms with van der Waals surface area (Å²) in [5.74, 6) is 0. The van der Waals surface area contributed by atoms with Crippen molar-refractivity contribution in [3.8, 4) is 11.1 Å². The van der Waals surface area contributed by atoms with Gasteiger partial charge in [0.25, 0.3) is 0 Å². The minimum Gasteiger partial charge on any atom is -0.379 e. The number of morpholine rings is 1. The minimum absolute atomic E-state index is 0.0993. The third-order valence-corrected chi connectivity index (χ3v) is 8.68. The Morgan fingerprint density at radius 1 is 1.11 bits per heavy atom. The normalized spacial score (nSPS) is 21.1. The van der Waals surface area contributed by atoms with Gasteiger partial charge in [-0.3, -0.25) is 9.88 Å². The number of rotatable bonds is 5. The Labute approximate surface area is 211 Å². The van der Waals surface area contributed by atoms with Crippen molar-refractivity contribution in [2.24, 2.45) is 0 Å². The van der Waals surface area contributed by atoms with Gasteiger partial charge in [0.15, 0.2) is 0 Å². The van der Waals surface area contributed by atoms with Crippen LogP contribution in [0.1, 0.15) is 48.2 Å². The summed E-state index contributed by atoms with van der Waals surface area (Å²) in [5.41, 5.74) is 7.54. The second kappa shape index (κ2) is 10.2. The van der Waals surface area contributed by atoms with Crippen molar-refractivity contribution in [3.63, 3.8) is 0 Å². The van der Waals surface area contributed by atoms with Crippen LogP contribution in [-0.4, -0.2) is 66.2 Å². The van der Waals surface area contributed by atoms with E-state index in [0.717, 1.165) is 70.8 Å². The maximum atomic E-state index is 12.7. The molecule has 2 aliphatic heterocycles. The van der Waals surface area contributed by atoms with E-state index in [9.17, 15) is 4.79 Å². The molecule has 2 aromatic heterocycles. The average molecular weight is 491 g/mol. The van der Waals surface area contributed by atoms with Crippen molar-refractivity contribution in [2.45, 2.75) is 51.1 Å². The van der Waals surface area contributed by atoms with Gasteiger partial charge in [0.1, 0.15) is 0 Å². The highest BCUT2D eigenvalue weighted by Gasteiger charge is 2.25. The minimum atomic E-state index is 0.0993. The van der Waals surface area contributed by atoms with E-state index in [1.165, 1.54) is 45.6 Å². The molecule has 2 aliphatic carbocycles. The summed E-state index contributed by atoms with van der Waals surface area (Å²) >= 11 is 1.83. The lowest BCUT2D eigenvalue weighted by atomic mass is 9.94. The number of hydrogen-bond acceptors (Lipinski definition) is 5. The molecule has 6 nitrogen and oxygen atoms in total. The van der Waals surface area contributed by atoms with Crippen molar-refractivity contribution in [1.82, 2.24) is 20.1 Å². The molecule has 6 rings (SSSR count). The highest BCUT2D eigenvalue weighted by molar-refractivity contribution is 7.10. The van der Waals surface area contributed by atoms with Crippen LogP contribution in [0.4, 0.5) is 4.79 Å². The number of allylic oxidation sites excluding steroid dienone is 2. The first-order chi connectivity index (χ1) is 17.2. The highest BCUT2D eigenvalue weighted by Crippen LogP contribution is 2.37. The summed E-state index contributed by atoms with van der Waals surface area (Å²) < 4.78 is 5.48. The smallest absolute Gasteiger partial charge is 0.317 e. The zero-order chi connectivity index (χ0) is 23.6. The highest BCUT2D eigenvalue weighted by atomic mass is 32.1. The standard InChI is InChI=1S/C28H34N4O2S/c33-28(30-23-3-1-2-4-23)32-9-7-20(8-10-32)25-5-6-27-26(25)16-21(17-29-27)22-15-24(35-19-22)18-31-11-13-34-14-12-31/h5,7,15-17,19,23H,1-4,6,8-14,18H2,(H,30,33). The summed E-state index contributed by atoms with van der Waals surface area (Å²) in [6.45, 7) is 6.15. The van der Waals surface area contributed by atoms with Crippen LogP contribution in [0.2, 0.25) is 0 Å². The number of carbonyl (C=O) groups excluding carboxylic acids is 1. The SMILES string of the molecule is O=C(NC1CCCC1)N1CC=C(C2=CCc3ncc(-c4csc(CN5CCOCC5)c4)cc32)CC1. The third-order valence-electron chi connectivity index (χ3n) is 7.76. The Balaban J connectivity index is 1.13. The first-order valence-corrected chi connectivity index (χ1v) is 13.9. The zero-order valence-corrected chi connectivity index (χ0v) is 21.1. The predicted molar refractivity (Wildman–Crippen MR) is 140 cm³/mol. The van der Waals surface area contributed by atoms with Gasteiger partial charge >= 0.3 is 6.03 Å². The fourth-order valence-electron chi connectivity index (χ4n) is 5.69. The summed E-state index contributed by atoms with van der Waals surface area (Å²) in [6, 6.07) is 5.11. The number of thiophene rings is 1. The van der Waals surface area contributed by atoms with Gasteiger partial charge < -0.3 is 15.0 Å². The van der Waals surface area contributed by atoms with Crippen LogP contribution in [0.25, 0.3) is 16.7 Å². The summed E-state index contributed by atoms with van der Waals surface area (Å²) in [6.07, 6.45) is 13.1. The summed E-state index contributed by atoms with van der Waals surface area (Å²) in [7, 11) is 0. The molecular weight excluding hydrogens is 456 g/mol. The Morgan fingerprint density at radius 2 is 1.97 bits per heavy atom. The Morgan fingerprint density at radius 3 is 2.77 bits per heavy atom. The van der Waals surface area contributed by atoms with Crippen LogP contribution < -0.4 is 5.32 Å². The van der Waals surface area contributed by atoms with Gasteiger partial charge in [0.2, 0.25) is 0 Å². The van der Waals surface area contributed by atoms with Crippen LogP contribution in [0, 0.1) is 0 Å². The van der Waals surface area contributed by atoms with Crippen molar-refractivity contribution in [1.29, 1.82) is 0 Å². The maximum absolute atomic E-state index is 12.7. The largest absolute Gasteiger partial charge is 0.379 e. The van der Waals surface area contributed by atoms with Crippen molar-refractivity contribution >= 4 is 22.9 Å². The Kier molecular flexibility index (Phi) is 6.72. The number of urea groups is 1. The second-order valence-corrected chi connectivity index (χ2v) is 11.1. The Bertz CT molecular complexity index is 1140. The number of ether oxygens (including phenoxy) is 1. The van der Waals surface area contributed by atoms with Crippen molar-refractivity contribution in [3.05, 3.63) is 57.6 Å².